The van der Waals surface area contributed by atoms with Crippen LogP contribution < -0.4 is 9.47 Å². The fourth-order valence-electron chi connectivity index (χ4n) is 4.16. The monoisotopic (exact) mass is 312 g/mol. The van der Waals surface area contributed by atoms with E-state index in [0.717, 1.165) is 17.1 Å². The number of likely N-dealkylation sites (tertiary alicyclic amines) is 1. The molecule has 1 fully saturated rings. The highest BCUT2D eigenvalue weighted by Gasteiger charge is 2.64. The van der Waals surface area contributed by atoms with Gasteiger partial charge in [0.25, 0.3) is 0 Å². The highest BCUT2D eigenvalue weighted by molar-refractivity contribution is 5.62. The molecule has 0 radical (unpaired) electrons. The van der Waals surface area contributed by atoms with Crippen molar-refractivity contribution in [3.05, 3.63) is 35.4 Å². The van der Waals surface area contributed by atoms with Gasteiger partial charge < -0.3 is 19.5 Å². The molecule has 4 nitrogen and oxygen atoms in total. The summed E-state index contributed by atoms with van der Waals surface area (Å²) in [6, 6.07) is -3.21. The lowest BCUT2D eigenvalue weighted by Crippen LogP contribution is -2.64. The number of ether oxygens (including phenoxy) is 2. The Balaban J connectivity index is 1.94. The van der Waals surface area contributed by atoms with E-state index in [1.54, 1.807) is 0 Å². The Morgan fingerprint density at radius 1 is 1.64 bits per heavy atom. The molecule has 22 heavy (non-hydrogen) atoms. The molecule has 0 aromatic heterocycles. The van der Waals surface area contributed by atoms with Crippen LogP contribution in [0.4, 0.5) is 0 Å². The molecule has 4 aliphatic rings. The topological polar surface area (TPSA) is 41.9 Å². The maximum absolute atomic E-state index is 9.51. The molecule has 1 saturated heterocycles. The van der Waals surface area contributed by atoms with Gasteiger partial charge >= 0.3 is 0 Å². The van der Waals surface area contributed by atoms with Gasteiger partial charge in [-0.05, 0) is 37.9 Å². The van der Waals surface area contributed by atoms with E-state index in [-0.39, 0.29) is 18.5 Å². The van der Waals surface area contributed by atoms with Gasteiger partial charge in [0, 0.05) is 31.1 Å². The van der Waals surface area contributed by atoms with E-state index >= 15 is 0 Å². The Hall–Kier alpha value is -1.52. The van der Waals surface area contributed by atoms with E-state index in [2.05, 4.69) is 5.11 Å². The summed E-state index contributed by atoms with van der Waals surface area (Å²) in [6.07, 6.45) is -4.41. The fourth-order valence-corrected chi connectivity index (χ4v) is 4.16. The highest BCUT2D eigenvalue weighted by atomic mass is 16.5. The second-order valence-electron chi connectivity index (χ2n) is 5.91. The molecule has 1 spiro atoms. The predicted octanol–water partition coefficient (Wildman–Crippen LogP) is 1.50. The molecular formula is C18H21NO3. The number of rotatable bonds is 2. The lowest BCUT2D eigenvalue weighted by Gasteiger charge is -2.56. The molecule has 0 saturated carbocycles. The summed E-state index contributed by atoms with van der Waals surface area (Å²) in [7, 11) is -3.07. The zero-order chi connectivity index (χ0) is 26.1. The molecule has 2 unspecified atom stereocenters. The summed E-state index contributed by atoms with van der Waals surface area (Å²) in [5.74, 6) is -3.15. The van der Waals surface area contributed by atoms with Crippen molar-refractivity contribution >= 4 is 0 Å². The molecule has 5 atom stereocenters. The standard InChI is InChI=1S/C18H21NO3/c1-19-8-7-18-11-4-5-13(20)17(18)22-16-14(21-2)6-3-10(15(16)18)9-12(11)19/h3-6,11-13,17,20H,7-9H2,1-2H3/t11-,12+,13?,17?,18-/m0/s1/i1D3,2D3,3D,6D,9D2,11D,13D,20D. The largest absolute Gasteiger partial charge is 0.493 e. The molecular weight excluding hydrogens is 278 g/mol. The van der Waals surface area contributed by atoms with Gasteiger partial charge in [0.1, 0.15) is 12.2 Å². The fraction of sp³-hybridized carbons (Fsp3) is 0.556. The van der Waals surface area contributed by atoms with E-state index in [1.165, 1.54) is 0 Å². The van der Waals surface area contributed by atoms with Crippen molar-refractivity contribution in [3.8, 4) is 11.5 Å². The second kappa shape index (κ2) is 4.06. The van der Waals surface area contributed by atoms with Crippen LogP contribution in [0.3, 0.4) is 0 Å². The molecule has 2 aliphatic carbocycles. The van der Waals surface area contributed by atoms with Gasteiger partial charge in [-0.15, -0.1) is 0 Å². The van der Waals surface area contributed by atoms with Gasteiger partial charge in [-0.3, -0.25) is 0 Å². The number of hydrogen-bond donors (Lipinski definition) is 1. The molecule has 5 rings (SSSR count). The van der Waals surface area contributed by atoms with Gasteiger partial charge in [0.2, 0.25) is 1.43 Å². The summed E-state index contributed by atoms with van der Waals surface area (Å²) in [5, 5.41) is 4.67. The zero-order valence-corrected chi connectivity index (χ0v) is 11.4. The third-order valence-corrected chi connectivity index (χ3v) is 5.05. The van der Waals surface area contributed by atoms with Crippen LogP contribution in [0.25, 0.3) is 0 Å². The van der Waals surface area contributed by atoms with Crippen molar-refractivity contribution in [1.29, 1.82) is 1.43 Å². The number of benzene rings is 1. The van der Waals surface area contributed by atoms with Gasteiger partial charge in [-0.25, -0.2) is 0 Å². The molecule has 2 bridgehead atoms. The lowest BCUT2D eigenvalue weighted by atomic mass is 9.53. The zero-order valence-electron chi connectivity index (χ0n) is 24.4. The molecule has 116 valence electrons. The van der Waals surface area contributed by atoms with Crippen LogP contribution in [0.2, 0.25) is 0 Å². The molecule has 4 heteroatoms. The van der Waals surface area contributed by atoms with E-state index < -0.39 is 79.1 Å². The molecule has 1 aromatic rings. The molecule has 0 amide bonds. The Morgan fingerprint density at radius 3 is 3.50 bits per heavy atom. The van der Waals surface area contributed by atoms with E-state index in [1.807, 2.05) is 0 Å². The van der Waals surface area contributed by atoms with E-state index in [9.17, 15) is 1.37 Å². The number of likely N-dealkylation sites (N-methyl/N-ethyl adjacent to an activating group) is 1. The van der Waals surface area contributed by atoms with Gasteiger partial charge in [0.15, 0.2) is 11.5 Å². The van der Waals surface area contributed by atoms with Crippen LogP contribution in [0.1, 0.15) is 34.0 Å². The first-order valence-electron chi connectivity index (χ1n) is 13.4. The quantitative estimate of drug-likeness (QED) is 0.841. The van der Waals surface area contributed by atoms with Crippen molar-refractivity contribution in [2.45, 2.75) is 36.4 Å². The summed E-state index contributed by atoms with van der Waals surface area (Å²) in [4.78, 5) is 0.877. The molecule has 2 heterocycles. The molecule has 1 aromatic carbocycles. The van der Waals surface area contributed by atoms with Crippen LogP contribution in [0, 0.1) is 5.89 Å². The van der Waals surface area contributed by atoms with Crippen LogP contribution in [0.5, 0.6) is 11.5 Å². The van der Waals surface area contributed by atoms with Gasteiger partial charge in [-0.2, -0.15) is 0 Å². The van der Waals surface area contributed by atoms with Crippen LogP contribution in [-0.2, 0) is 11.8 Å². The van der Waals surface area contributed by atoms with Crippen LogP contribution >= 0.6 is 0 Å². The lowest BCUT2D eigenvalue weighted by molar-refractivity contribution is -0.0453. The summed E-state index contributed by atoms with van der Waals surface area (Å²) in [5.41, 5.74) is -2.21. The number of aliphatic hydroxyl groups is 1. The average molecular weight is 312 g/mol. The van der Waals surface area contributed by atoms with Gasteiger partial charge in [0.05, 0.1) is 15.3 Å². The molecule has 1 N–H and O–H groups in total. The number of hydrogen-bond acceptors (Lipinski definition) is 4. The Labute approximate surface area is 148 Å². The highest BCUT2D eigenvalue weighted by Crippen LogP contribution is 2.62. The Bertz CT molecular complexity index is 1150. The minimum Gasteiger partial charge on any atom is -0.493 e. The minimum absolute atomic E-state index is 0.109. The first-order valence-corrected chi connectivity index (χ1v) is 7.02. The third kappa shape index (κ3) is 1.28. The van der Waals surface area contributed by atoms with Crippen molar-refractivity contribution in [1.82, 2.24) is 4.90 Å². The summed E-state index contributed by atoms with van der Waals surface area (Å²) < 4.78 is 118. The van der Waals surface area contributed by atoms with Crippen LogP contribution in [-0.4, -0.2) is 50.2 Å². The van der Waals surface area contributed by atoms with Crippen molar-refractivity contribution in [2.24, 2.45) is 5.89 Å². The molecule has 2 aliphatic heterocycles. The van der Waals surface area contributed by atoms with Crippen LogP contribution in [0.15, 0.2) is 24.2 Å². The first-order chi connectivity index (χ1) is 15.9. The number of nitrogens with zero attached hydrogens (tertiary/aromatic N) is 1. The summed E-state index contributed by atoms with van der Waals surface area (Å²) >= 11 is 0. The maximum Gasteiger partial charge on any atom is 0.211 e. The average Bonchev–Trinajstić information content (AvgIpc) is 3.05. The summed E-state index contributed by atoms with van der Waals surface area (Å²) in [6.45, 7) is -3.05. The first kappa shape index (κ1) is 5.53. The Morgan fingerprint density at radius 2 is 2.64 bits per heavy atom. The predicted molar refractivity (Wildman–Crippen MR) is 82.5 cm³/mol. The van der Waals surface area contributed by atoms with Crippen molar-refractivity contribution < 1.29 is 31.0 Å². The smallest absolute Gasteiger partial charge is 0.211 e. The maximum atomic E-state index is 9.51. The van der Waals surface area contributed by atoms with Crippen molar-refractivity contribution in [3.63, 3.8) is 0 Å². The number of methoxy groups -OCH3 is 1. The minimum atomic E-state index is -3.07. The Kier molecular flexibility index (Phi) is 1.02. The third-order valence-electron chi connectivity index (χ3n) is 5.05. The van der Waals surface area contributed by atoms with E-state index in [0.29, 0.717) is 0 Å². The number of piperidine rings is 1. The van der Waals surface area contributed by atoms with Crippen molar-refractivity contribution in [2.75, 3.05) is 20.6 Å². The SMILES string of the molecule is [2H]OC1([2H])C=C[C@@]2([2H])[C@@H]3N(C([2H])([2H])[2H])CC[C@@]24c2c(c(OC([2H])([2H])[2H])c([2H])c([2H])c2C3([2H])[2H])OC14. The normalized spacial score (nSPS) is 59.7. The second-order valence-corrected chi connectivity index (χ2v) is 5.91. The van der Waals surface area contributed by atoms with E-state index in [4.69, 9.17) is 26.0 Å². The van der Waals surface area contributed by atoms with Gasteiger partial charge in [-0.1, -0.05) is 18.2 Å².